The van der Waals surface area contributed by atoms with Crippen LogP contribution in [0, 0.1) is 10.1 Å². The first kappa shape index (κ1) is 16.8. The molecule has 0 atom stereocenters. The number of benzene rings is 2. The molecule has 2 aromatic rings. The van der Waals surface area contributed by atoms with E-state index in [0.29, 0.717) is 17.7 Å². The zero-order chi connectivity index (χ0) is 18.0. The van der Waals surface area contributed by atoms with E-state index in [1.54, 1.807) is 11.0 Å². The fraction of sp³-hybridized carbons (Fsp3) is 0.118. The largest absolute Gasteiger partial charge is 0.307 e. The van der Waals surface area contributed by atoms with Crippen molar-refractivity contribution in [1.82, 2.24) is 0 Å². The summed E-state index contributed by atoms with van der Waals surface area (Å²) in [7, 11) is 0. The van der Waals surface area contributed by atoms with Gasteiger partial charge in [-0.25, -0.2) is 0 Å². The van der Waals surface area contributed by atoms with Gasteiger partial charge in [0.05, 0.1) is 16.8 Å². The fourth-order valence-electron chi connectivity index (χ4n) is 2.58. The van der Waals surface area contributed by atoms with E-state index in [1.165, 1.54) is 18.3 Å². The number of amides is 1. The van der Waals surface area contributed by atoms with E-state index in [0.717, 1.165) is 5.69 Å². The van der Waals surface area contributed by atoms with Crippen LogP contribution >= 0.6 is 11.6 Å². The average Bonchev–Trinajstić information content (AvgIpc) is 2.87. The molecule has 0 saturated heterocycles. The molecule has 0 aliphatic carbocycles. The quantitative estimate of drug-likeness (QED) is 0.477. The van der Waals surface area contributed by atoms with Crippen LogP contribution in [0.2, 0.25) is 5.02 Å². The maximum atomic E-state index is 12.4. The highest BCUT2D eigenvalue weighted by molar-refractivity contribution is 6.54. The number of hydrogen-bond donors (Lipinski definition) is 0. The maximum absolute atomic E-state index is 12.4. The predicted octanol–water partition coefficient (Wildman–Crippen LogP) is 3.44. The van der Waals surface area contributed by atoms with Gasteiger partial charge in [0.15, 0.2) is 5.71 Å². The molecule has 7 nitrogen and oxygen atoms in total. The van der Waals surface area contributed by atoms with Gasteiger partial charge in [-0.2, -0.15) is 5.10 Å². The van der Waals surface area contributed by atoms with E-state index in [9.17, 15) is 14.9 Å². The molecule has 2 aromatic carbocycles. The standard InChI is InChI=1S/C17H13ClN4O3/c1-2-21-14-6-4-3-5-12(14)16(17(21)23)20-19-10-11-7-8-13(18)15(9-11)22(24)25/h3-10H,2H2,1H3/b19-10-,20-16+. The third-order valence-corrected chi connectivity index (χ3v) is 4.06. The van der Waals surface area contributed by atoms with E-state index in [1.807, 2.05) is 31.2 Å². The summed E-state index contributed by atoms with van der Waals surface area (Å²) in [5.74, 6) is -0.220. The number of carbonyl (C=O) groups excluding carboxylic acids is 1. The number of para-hydroxylation sites is 1. The van der Waals surface area contributed by atoms with Crippen molar-refractivity contribution in [3.05, 3.63) is 68.7 Å². The number of hydrogen-bond acceptors (Lipinski definition) is 5. The Balaban J connectivity index is 1.92. The van der Waals surface area contributed by atoms with Crippen LogP contribution in [0.25, 0.3) is 0 Å². The highest BCUT2D eigenvalue weighted by Gasteiger charge is 2.32. The SMILES string of the molecule is CCN1C(=O)/C(=N/N=C\c2ccc(Cl)c([N+](=O)[O-])c2)c2ccccc21. The molecule has 0 fully saturated rings. The summed E-state index contributed by atoms with van der Waals surface area (Å²) in [5.41, 5.74) is 2.01. The van der Waals surface area contributed by atoms with Crippen molar-refractivity contribution in [2.24, 2.45) is 10.2 Å². The van der Waals surface area contributed by atoms with Crippen molar-refractivity contribution in [2.45, 2.75) is 6.92 Å². The number of nitro benzene ring substituents is 1. The van der Waals surface area contributed by atoms with Gasteiger partial charge in [0.25, 0.3) is 11.6 Å². The Hall–Kier alpha value is -3.06. The van der Waals surface area contributed by atoms with Crippen molar-refractivity contribution in [2.75, 3.05) is 11.4 Å². The molecule has 126 valence electrons. The number of anilines is 1. The van der Waals surface area contributed by atoms with E-state index in [2.05, 4.69) is 10.2 Å². The molecular formula is C17H13ClN4O3. The van der Waals surface area contributed by atoms with Crippen LogP contribution < -0.4 is 4.90 Å². The normalized spacial score (nSPS) is 15.2. The summed E-state index contributed by atoms with van der Waals surface area (Å²) in [6.45, 7) is 2.41. The smallest absolute Gasteiger partial charge is 0.288 e. The van der Waals surface area contributed by atoms with Gasteiger partial charge in [0, 0.05) is 23.7 Å². The van der Waals surface area contributed by atoms with Crippen LogP contribution in [0.15, 0.2) is 52.7 Å². The topological polar surface area (TPSA) is 88.2 Å². The van der Waals surface area contributed by atoms with Crippen molar-refractivity contribution < 1.29 is 9.72 Å². The number of fused-ring (bicyclic) bond motifs is 1. The molecule has 25 heavy (non-hydrogen) atoms. The maximum Gasteiger partial charge on any atom is 0.288 e. The molecule has 0 unspecified atom stereocenters. The molecule has 1 aliphatic rings. The van der Waals surface area contributed by atoms with Crippen LogP contribution in [0.4, 0.5) is 11.4 Å². The number of nitro groups is 1. The summed E-state index contributed by atoms with van der Waals surface area (Å²) in [5, 5.41) is 18.9. The third-order valence-electron chi connectivity index (χ3n) is 3.75. The second-order valence-electron chi connectivity index (χ2n) is 5.23. The zero-order valence-electron chi connectivity index (χ0n) is 13.2. The Kier molecular flexibility index (Phi) is 4.58. The Morgan fingerprint density at radius 2 is 2.04 bits per heavy atom. The van der Waals surface area contributed by atoms with Crippen molar-refractivity contribution >= 4 is 40.8 Å². The molecule has 1 amide bonds. The van der Waals surface area contributed by atoms with Gasteiger partial charge < -0.3 is 4.90 Å². The van der Waals surface area contributed by atoms with Gasteiger partial charge in [0.2, 0.25) is 0 Å². The lowest BCUT2D eigenvalue weighted by molar-refractivity contribution is -0.384. The van der Waals surface area contributed by atoms with Crippen LogP contribution in [0.1, 0.15) is 18.1 Å². The van der Waals surface area contributed by atoms with Gasteiger partial charge in [0.1, 0.15) is 5.02 Å². The minimum absolute atomic E-state index is 0.0481. The number of rotatable bonds is 4. The van der Waals surface area contributed by atoms with E-state index < -0.39 is 4.92 Å². The molecule has 0 radical (unpaired) electrons. The van der Waals surface area contributed by atoms with Crippen LogP contribution in [0.5, 0.6) is 0 Å². The Bertz CT molecular complexity index is 924. The highest BCUT2D eigenvalue weighted by Crippen LogP contribution is 2.29. The van der Waals surface area contributed by atoms with Crippen LogP contribution in [0.3, 0.4) is 0 Å². The number of nitrogens with zero attached hydrogens (tertiary/aromatic N) is 4. The molecule has 1 aliphatic heterocycles. The minimum atomic E-state index is -0.568. The predicted molar refractivity (Wildman–Crippen MR) is 96.7 cm³/mol. The molecule has 0 N–H and O–H groups in total. The molecular weight excluding hydrogens is 344 g/mol. The lowest BCUT2D eigenvalue weighted by Crippen LogP contribution is -2.29. The van der Waals surface area contributed by atoms with Gasteiger partial charge in [-0.1, -0.05) is 35.9 Å². The number of halogens is 1. The second-order valence-corrected chi connectivity index (χ2v) is 5.63. The summed E-state index contributed by atoms with van der Waals surface area (Å²) in [6.07, 6.45) is 1.35. The van der Waals surface area contributed by atoms with Gasteiger partial charge >= 0.3 is 0 Å². The van der Waals surface area contributed by atoms with Crippen LogP contribution in [-0.4, -0.2) is 29.3 Å². The van der Waals surface area contributed by atoms with E-state index >= 15 is 0 Å². The number of carbonyl (C=O) groups is 1. The first-order valence-corrected chi connectivity index (χ1v) is 7.87. The average molecular weight is 357 g/mol. The van der Waals surface area contributed by atoms with Crippen molar-refractivity contribution in [3.8, 4) is 0 Å². The Labute approximate surface area is 148 Å². The Morgan fingerprint density at radius 3 is 2.76 bits per heavy atom. The fourth-order valence-corrected chi connectivity index (χ4v) is 2.76. The van der Waals surface area contributed by atoms with Gasteiger partial charge in [-0.05, 0) is 19.1 Å². The lowest BCUT2D eigenvalue weighted by Gasteiger charge is -2.12. The first-order valence-electron chi connectivity index (χ1n) is 7.49. The summed E-state index contributed by atoms with van der Waals surface area (Å²) < 4.78 is 0. The van der Waals surface area contributed by atoms with Gasteiger partial charge in [-0.15, -0.1) is 5.10 Å². The van der Waals surface area contributed by atoms with Gasteiger partial charge in [-0.3, -0.25) is 14.9 Å². The first-order chi connectivity index (χ1) is 12.0. The molecule has 8 heteroatoms. The second kappa shape index (κ2) is 6.82. The van der Waals surface area contributed by atoms with Crippen molar-refractivity contribution in [3.63, 3.8) is 0 Å². The molecule has 0 aromatic heterocycles. The summed E-state index contributed by atoms with van der Waals surface area (Å²) >= 11 is 5.77. The number of likely N-dealkylation sites (N-methyl/N-ethyl adjacent to an activating group) is 1. The molecule has 0 saturated carbocycles. The molecule has 3 rings (SSSR count). The summed E-state index contributed by atoms with van der Waals surface area (Å²) in [6, 6.07) is 11.6. The third kappa shape index (κ3) is 3.14. The Morgan fingerprint density at radius 1 is 1.28 bits per heavy atom. The molecule has 0 bridgehead atoms. The van der Waals surface area contributed by atoms with E-state index in [4.69, 9.17) is 11.6 Å². The minimum Gasteiger partial charge on any atom is -0.307 e. The monoisotopic (exact) mass is 356 g/mol. The lowest BCUT2D eigenvalue weighted by atomic mass is 10.1. The van der Waals surface area contributed by atoms with E-state index in [-0.39, 0.29) is 22.3 Å². The van der Waals surface area contributed by atoms with Crippen LogP contribution in [-0.2, 0) is 4.79 Å². The highest BCUT2D eigenvalue weighted by atomic mass is 35.5. The zero-order valence-corrected chi connectivity index (χ0v) is 14.0. The molecule has 0 spiro atoms. The van der Waals surface area contributed by atoms with Crippen molar-refractivity contribution in [1.29, 1.82) is 0 Å². The molecule has 1 heterocycles. The summed E-state index contributed by atoms with van der Waals surface area (Å²) in [4.78, 5) is 24.4.